The molecule has 0 saturated heterocycles. The highest BCUT2D eigenvalue weighted by molar-refractivity contribution is 7.90. The summed E-state index contributed by atoms with van der Waals surface area (Å²) >= 11 is 6.46. The van der Waals surface area contributed by atoms with Crippen molar-refractivity contribution in [1.29, 1.82) is 0 Å². The first-order valence-corrected chi connectivity index (χ1v) is 19.3. The van der Waals surface area contributed by atoms with Crippen molar-refractivity contribution >= 4 is 33.2 Å². The van der Waals surface area contributed by atoms with Gasteiger partial charge in [0.05, 0.1) is 28.8 Å². The van der Waals surface area contributed by atoms with Crippen LogP contribution in [0.2, 0.25) is 5.02 Å². The highest BCUT2D eigenvalue weighted by Gasteiger charge is 2.49. The molecule has 11 heteroatoms. The molecule has 1 fully saturated rings. The molecule has 1 spiro atoms. The van der Waals surface area contributed by atoms with Crippen molar-refractivity contribution in [2.75, 3.05) is 31.7 Å². The molecule has 1 aliphatic heterocycles. The van der Waals surface area contributed by atoms with Crippen molar-refractivity contribution in [3.05, 3.63) is 87.8 Å². The molecule has 1 amide bonds. The quantitative estimate of drug-likeness (QED) is 0.208. The monoisotopic (exact) mass is 709 g/mol. The van der Waals surface area contributed by atoms with E-state index < -0.39 is 26.8 Å². The molecule has 0 bridgehead atoms. The van der Waals surface area contributed by atoms with Crippen LogP contribution in [0.5, 0.6) is 5.75 Å². The lowest BCUT2D eigenvalue weighted by molar-refractivity contribution is -0.0753. The Morgan fingerprint density at radius 1 is 1.22 bits per heavy atom. The van der Waals surface area contributed by atoms with Gasteiger partial charge in [0.15, 0.2) is 0 Å². The summed E-state index contributed by atoms with van der Waals surface area (Å²) in [5.41, 5.74) is 3.57. The Bertz CT molecular complexity index is 1820. The third kappa shape index (κ3) is 7.14. The maximum absolute atomic E-state index is 13.3. The summed E-state index contributed by atoms with van der Waals surface area (Å²) < 4.78 is 46.0. The highest BCUT2D eigenvalue weighted by atomic mass is 35.5. The van der Waals surface area contributed by atoms with E-state index in [0.29, 0.717) is 31.9 Å². The standard InChI is InChI=1S/C38H48ClN3O6S/c1-6-7-17-38(46-5,21-31-18-26(4)48-40-31)33-13-10-29(33)22-42-23-37(16-8-9-27-19-30(39)12-14-32(27)37)24-47-35-15-11-28(20-34(35)42)36(43)41-49(44,45)25(2)3/h7,11-12,14-15,17-20,25,29,33H,6,8-10,13,16,21-24H2,1-5H3,(H,41,43)/b17-7+/t29-,33+,37-,38-/m0/s1. The molecule has 2 aliphatic carbocycles. The normalized spacial score (nSPS) is 23.4. The molecule has 9 nitrogen and oxygen atoms in total. The Hall–Kier alpha value is -3.34. The zero-order valence-electron chi connectivity index (χ0n) is 29.1. The lowest BCUT2D eigenvalue weighted by Gasteiger charge is -2.50. The third-order valence-electron chi connectivity index (χ3n) is 10.8. The number of aryl methyl sites for hydroxylation is 2. The molecule has 1 N–H and O–H groups in total. The Morgan fingerprint density at radius 2 is 2.04 bits per heavy atom. The highest BCUT2D eigenvalue weighted by Crippen LogP contribution is 2.49. The van der Waals surface area contributed by atoms with Crippen molar-refractivity contribution in [3.63, 3.8) is 0 Å². The van der Waals surface area contributed by atoms with Gasteiger partial charge in [-0.25, -0.2) is 13.1 Å². The van der Waals surface area contributed by atoms with E-state index in [1.807, 2.05) is 19.1 Å². The number of benzene rings is 2. The fraction of sp³-hybridized carbons (Fsp3) is 0.526. The van der Waals surface area contributed by atoms with Crippen LogP contribution in [0.15, 0.2) is 59.1 Å². The van der Waals surface area contributed by atoms with Crippen LogP contribution >= 0.6 is 11.6 Å². The third-order valence-corrected chi connectivity index (χ3v) is 12.8. The summed E-state index contributed by atoms with van der Waals surface area (Å²) in [6.45, 7) is 9.00. The van der Waals surface area contributed by atoms with E-state index in [-0.39, 0.29) is 22.8 Å². The van der Waals surface area contributed by atoms with E-state index in [2.05, 4.69) is 46.0 Å². The SMILES string of the molecule is CC/C=C/[C@@](Cc1cc(C)on1)(OC)[C@@H]1CC[C@H]1CN1C[C@@]2(CCCc3cc(Cl)ccc32)COc2ccc(C(=O)NS(=O)(=O)C(C)C)cc21. The molecular weight excluding hydrogens is 662 g/mol. The predicted octanol–water partition coefficient (Wildman–Crippen LogP) is 7.20. The van der Waals surface area contributed by atoms with Gasteiger partial charge >= 0.3 is 0 Å². The minimum absolute atomic E-state index is 0.209. The van der Waals surface area contributed by atoms with Gasteiger partial charge in [0.25, 0.3) is 5.91 Å². The van der Waals surface area contributed by atoms with Crippen LogP contribution in [0.4, 0.5) is 5.69 Å². The molecule has 3 aromatic rings. The Morgan fingerprint density at radius 3 is 2.71 bits per heavy atom. The van der Waals surface area contributed by atoms with Gasteiger partial charge in [0, 0.05) is 48.7 Å². The summed E-state index contributed by atoms with van der Waals surface area (Å²) in [6.07, 6.45) is 10.8. The summed E-state index contributed by atoms with van der Waals surface area (Å²) in [4.78, 5) is 15.7. The Kier molecular flexibility index (Phi) is 10.2. The molecule has 4 atom stereocenters. The first kappa shape index (κ1) is 35.5. The second-order valence-electron chi connectivity index (χ2n) is 14.3. The number of carbonyl (C=O) groups is 1. The number of rotatable bonds is 11. The first-order chi connectivity index (χ1) is 23.4. The molecule has 0 radical (unpaired) electrons. The molecular formula is C38H48ClN3O6S. The number of sulfonamides is 1. The first-order valence-electron chi connectivity index (χ1n) is 17.4. The van der Waals surface area contributed by atoms with E-state index in [1.165, 1.54) is 11.1 Å². The van der Waals surface area contributed by atoms with Crippen LogP contribution in [-0.4, -0.2) is 57.1 Å². The Balaban J connectivity index is 1.38. The topological polar surface area (TPSA) is 111 Å². The molecule has 6 rings (SSSR count). The van der Waals surface area contributed by atoms with Gasteiger partial charge < -0.3 is 18.9 Å². The van der Waals surface area contributed by atoms with Gasteiger partial charge in [0.2, 0.25) is 10.0 Å². The number of hydrogen-bond donors (Lipinski definition) is 1. The predicted molar refractivity (Wildman–Crippen MR) is 192 cm³/mol. The van der Waals surface area contributed by atoms with Crippen molar-refractivity contribution < 1.29 is 27.2 Å². The van der Waals surface area contributed by atoms with E-state index in [4.69, 9.17) is 25.6 Å². The molecule has 264 valence electrons. The molecule has 3 aliphatic rings. The summed E-state index contributed by atoms with van der Waals surface area (Å²) in [5.74, 6) is 1.27. The number of ether oxygens (including phenoxy) is 2. The number of methoxy groups -OCH3 is 1. The van der Waals surface area contributed by atoms with E-state index in [1.54, 1.807) is 39.2 Å². The van der Waals surface area contributed by atoms with Crippen molar-refractivity contribution in [3.8, 4) is 5.75 Å². The van der Waals surface area contributed by atoms with Gasteiger partial charge in [-0.05, 0) is 113 Å². The summed E-state index contributed by atoms with van der Waals surface area (Å²) in [7, 11) is -2.02. The number of amides is 1. The van der Waals surface area contributed by atoms with Crippen molar-refractivity contribution in [1.82, 2.24) is 9.88 Å². The van der Waals surface area contributed by atoms with Crippen LogP contribution in [0.3, 0.4) is 0 Å². The molecule has 2 aromatic carbocycles. The molecule has 0 unspecified atom stereocenters. The smallest absolute Gasteiger partial charge is 0.264 e. The van der Waals surface area contributed by atoms with Crippen molar-refractivity contribution in [2.45, 2.75) is 88.9 Å². The average molecular weight is 710 g/mol. The van der Waals surface area contributed by atoms with Crippen LogP contribution in [0.25, 0.3) is 0 Å². The maximum atomic E-state index is 13.3. The van der Waals surface area contributed by atoms with Crippen LogP contribution in [0.1, 0.15) is 85.8 Å². The van der Waals surface area contributed by atoms with Crippen molar-refractivity contribution in [2.24, 2.45) is 11.8 Å². The summed E-state index contributed by atoms with van der Waals surface area (Å²) in [6, 6.07) is 13.4. The number of nitrogens with one attached hydrogen (secondary N) is 1. The van der Waals surface area contributed by atoms with Gasteiger partial charge in [-0.2, -0.15) is 0 Å². The number of hydrogen-bond acceptors (Lipinski definition) is 8. The zero-order valence-corrected chi connectivity index (χ0v) is 30.7. The fourth-order valence-electron chi connectivity index (χ4n) is 7.98. The molecule has 1 aromatic heterocycles. The number of nitrogens with zero attached hydrogens (tertiary/aromatic N) is 2. The van der Waals surface area contributed by atoms with E-state index in [9.17, 15) is 13.2 Å². The van der Waals surface area contributed by atoms with Gasteiger partial charge in [-0.15, -0.1) is 0 Å². The fourth-order valence-corrected chi connectivity index (χ4v) is 8.79. The minimum Gasteiger partial charge on any atom is -0.490 e. The second kappa shape index (κ2) is 14.1. The lowest BCUT2D eigenvalue weighted by Crippen LogP contribution is -2.54. The number of anilines is 1. The summed E-state index contributed by atoms with van der Waals surface area (Å²) in [5, 5.41) is 4.31. The number of halogens is 1. The van der Waals surface area contributed by atoms with E-state index in [0.717, 1.165) is 60.7 Å². The number of allylic oxidation sites excluding steroid dienone is 1. The number of fused-ring (bicyclic) bond motifs is 3. The molecule has 1 saturated carbocycles. The zero-order chi connectivity index (χ0) is 35.0. The van der Waals surface area contributed by atoms with Crippen LogP contribution < -0.4 is 14.4 Å². The van der Waals surface area contributed by atoms with Gasteiger partial charge in [-0.1, -0.05) is 41.9 Å². The average Bonchev–Trinajstić information content (AvgIpc) is 3.40. The van der Waals surface area contributed by atoms with Gasteiger partial charge in [-0.3, -0.25) is 4.79 Å². The minimum atomic E-state index is -3.81. The maximum Gasteiger partial charge on any atom is 0.264 e. The largest absolute Gasteiger partial charge is 0.490 e. The van der Waals surface area contributed by atoms with Crippen LogP contribution in [0, 0.1) is 18.8 Å². The second-order valence-corrected chi connectivity index (χ2v) is 17.0. The van der Waals surface area contributed by atoms with Gasteiger partial charge in [0.1, 0.15) is 11.5 Å². The van der Waals surface area contributed by atoms with Crippen LogP contribution in [-0.2, 0) is 33.0 Å². The number of aromatic nitrogens is 1. The lowest BCUT2D eigenvalue weighted by atomic mass is 9.62. The molecule has 2 heterocycles. The molecule has 49 heavy (non-hydrogen) atoms. The Labute approximate surface area is 295 Å². The van der Waals surface area contributed by atoms with E-state index >= 15 is 0 Å². The number of carbonyl (C=O) groups excluding carboxylic acids is 1.